The predicted octanol–water partition coefficient (Wildman–Crippen LogP) is 3.18. The predicted molar refractivity (Wildman–Crippen MR) is 64.5 cm³/mol. The molecular weight excluding hydrogens is 198 g/mol. The highest BCUT2D eigenvalue weighted by Crippen LogP contribution is 2.20. The van der Waals surface area contributed by atoms with Crippen molar-refractivity contribution in [3.05, 3.63) is 53.2 Å². The van der Waals surface area contributed by atoms with Gasteiger partial charge in [0.1, 0.15) is 6.29 Å². The molecule has 0 aliphatic heterocycles. The number of hydrogen-bond acceptors (Lipinski definition) is 2. The van der Waals surface area contributed by atoms with Crippen molar-refractivity contribution in [2.45, 2.75) is 13.8 Å². The molecule has 0 amide bonds. The van der Waals surface area contributed by atoms with Gasteiger partial charge in [-0.2, -0.15) is 0 Å². The second kappa shape index (κ2) is 4.27. The lowest BCUT2D eigenvalue weighted by molar-refractivity contribution is 0.112. The van der Waals surface area contributed by atoms with Gasteiger partial charge in [0.25, 0.3) is 0 Å². The lowest BCUT2D eigenvalue weighted by Crippen LogP contribution is -1.88. The number of carbonyl (C=O) groups excluding carboxylic acids is 1. The van der Waals surface area contributed by atoms with E-state index in [4.69, 9.17) is 0 Å². The van der Waals surface area contributed by atoms with E-state index in [0.29, 0.717) is 5.56 Å². The maximum atomic E-state index is 10.7. The minimum Gasteiger partial charge on any atom is -0.298 e. The highest BCUT2D eigenvalue weighted by atomic mass is 16.1. The van der Waals surface area contributed by atoms with Gasteiger partial charge in [-0.15, -0.1) is 0 Å². The summed E-state index contributed by atoms with van der Waals surface area (Å²) in [4.78, 5) is 15.0. The van der Waals surface area contributed by atoms with Crippen LogP contribution >= 0.6 is 0 Å². The zero-order valence-corrected chi connectivity index (χ0v) is 9.40. The van der Waals surface area contributed by atoms with Gasteiger partial charge in [-0.1, -0.05) is 17.2 Å². The molecule has 16 heavy (non-hydrogen) atoms. The number of nitrogens with zero attached hydrogens (tertiary/aromatic N) is 1. The third kappa shape index (κ3) is 2.16. The van der Waals surface area contributed by atoms with Gasteiger partial charge in [-0.05, 0) is 38.1 Å². The summed E-state index contributed by atoms with van der Waals surface area (Å²) in [6, 6.07) is 9.78. The Morgan fingerprint density at radius 3 is 2.38 bits per heavy atom. The van der Waals surface area contributed by atoms with Crippen molar-refractivity contribution < 1.29 is 4.79 Å². The van der Waals surface area contributed by atoms with Gasteiger partial charge in [-0.25, -0.2) is 0 Å². The minimum absolute atomic E-state index is 0.657. The van der Waals surface area contributed by atoms with Gasteiger partial charge in [0.2, 0.25) is 0 Å². The zero-order valence-electron chi connectivity index (χ0n) is 9.40. The summed E-state index contributed by atoms with van der Waals surface area (Å²) in [6.45, 7) is 4.11. The Morgan fingerprint density at radius 2 is 1.75 bits per heavy atom. The molecule has 1 aromatic heterocycles. The standard InChI is InChI=1S/C14H13NO/c1-10-5-11(2)7-13(6-10)14-8-12(9-16)3-4-15-14/h3-9H,1-2H3. The van der Waals surface area contributed by atoms with E-state index in [0.717, 1.165) is 17.5 Å². The van der Waals surface area contributed by atoms with Crippen LogP contribution in [-0.4, -0.2) is 11.3 Å². The fraction of sp³-hybridized carbons (Fsp3) is 0.143. The van der Waals surface area contributed by atoms with Gasteiger partial charge in [-0.3, -0.25) is 9.78 Å². The fourth-order valence-electron chi connectivity index (χ4n) is 1.80. The van der Waals surface area contributed by atoms with Crippen LogP contribution in [0.3, 0.4) is 0 Å². The molecule has 0 spiro atoms. The normalized spacial score (nSPS) is 10.1. The van der Waals surface area contributed by atoms with E-state index >= 15 is 0 Å². The molecule has 0 unspecified atom stereocenters. The Kier molecular flexibility index (Phi) is 2.82. The average molecular weight is 211 g/mol. The van der Waals surface area contributed by atoms with Crippen LogP contribution in [0.4, 0.5) is 0 Å². The number of carbonyl (C=O) groups is 1. The second-order valence-electron chi connectivity index (χ2n) is 3.97. The maximum absolute atomic E-state index is 10.7. The Hall–Kier alpha value is -1.96. The first kappa shape index (κ1) is 10.6. The van der Waals surface area contributed by atoms with Crippen LogP contribution in [0.1, 0.15) is 21.5 Å². The van der Waals surface area contributed by atoms with Crippen LogP contribution in [0.15, 0.2) is 36.5 Å². The SMILES string of the molecule is Cc1cc(C)cc(-c2cc(C=O)ccn2)c1. The lowest BCUT2D eigenvalue weighted by Gasteiger charge is -2.04. The van der Waals surface area contributed by atoms with Crippen molar-refractivity contribution in [3.63, 3.8) is 0 Å². The van der Waals surface area contributed by atoms with Crippen LogP contribution in [0, 0.1) is 13.8 Å². The summed E-state index contributed by atoms with van der Waals surface area (Å²) < 4.78 is 0. The van der Waals surface area contributed by atoms with Gasteiger partial charge in [0.15, 0.2) is 0 Å². The molecule has 0 atom stereocenters. The number of pyridine rings is 1. The van der Waals surface area contributed by atoms with E-state index in [1.165, 1.54) is 11.1 Å². The summed E-state index contributed by atoms with van der Waals surface area (Å²) in [5, 5.41) is 0. The number of rotatable bonds is 2. The van der Waals surface area contributed by atoms with Crippen molar-refractivity contribution in [1.82, 2.24) is 4.98 Å². The van der Waals surface area contributed by atoms with Crippen LogP contribution < -0.4 is 0 Å². The van der Waals surface area contributed by atoms with Gasteiger partial charge in [0.05, 0.1) is 5.69 Å². The Morgan fingerprint density at radius 1 is 1.06 bits per heavy atom. The molecule has 0 aliphatic carbocycles. The molecule has 2 heteroatoms. The van der Waals surface area contributed by atoms with E-state index in [2.05, 4.69) is 37.0 Å². The van der Waals surface area contributed by atoms with Crippen LogP contribution in [0.2, 0.25) is 0 Å². The van der Waals surface area contributed by atoms with Crippen molar-refractivity contribution in [2.24, 2.45) is 0 Å². The van der Waals surface area contributed by atoms with Gasteiger partial charge >= 0.3 is 0 Å². The van der Waals surface area contributed by atoms with E-state index in [1.54, 1.807) is 18.3 Å². The third-order valence-corrected chi connectivity index (χ3v) is 2.44. The van der Waals surface area contributed by atoms with Crippen LogP contribution in [0.25, 0.3) is 11.3 Å². The van der Waals surface area contributed by atoms with E-state index < -0.39 is 0 Å². The summed E-state index contributed by atoms with van der Waals surface area (Å²) in [5.74, 6) is 0. The molecule has 2 nitrogen and oxygen atoms in total. The van der Waals surface area contributed by atoms with E-state index in [1.807, 2.05) is 0 Å². The molecule has 0 fully saturated rings. The molecule has 2 aromatic rings. The molecule has 2 rings (SSSR count). The highest BCUT2D eigenvalue weighted by Gasteiger charge is 2.02. The first-order valence-electron chi connectivity index (χ1n) is 5.19. The van der Waals surface area contributed by atoms with Crippen molar-refractivity contribution in [1.29, 1.82) is 0 Å². The Labute approximate surface area is 95.0 Å². The molecular formula is C14H13NO. The average Bonchev–Trinajstić information content (AvgIpc) is 2.28. The zero-order chi connectivity index (χ0) is 11.5. The number of aromatic nitrogens is 1. The lowest BCUT2D eigenvalue weighted by atomic mass is 10.0. The van der Waals surface area contributed by atoms with Crippen LogP contribution in [-0.2, 0) is 0 Å². The molecule has 0 aliphatic rings. The maximum Gasteiger partial charge on any atom is 0.150 e. The van der Waals surface area contributed by atoms with Crippen LogP contribution in [0.5, 0.6) is 0 Å². The number of aryl methyl sites for hydroxylation is 2. The molecule has 0 radical (unpaired) electrons. The quantitative estimate of drug-likeness (QED) is 0.714. The van der Waals surface area contributed by atoms with E-state index in [-0.39, 0.29) is 0 Å². The molecule has 80 valence electrons. The summed E-state index contributed by atoms with van der Waals surface area (Å²) in [7, 11) is 0. The third-order valence-electron chi connectivity index (χ3n) is 2.44. The van der Waals surface area contributed by atoms with Crippen molar-refractivity contribution in [2.75, 3.05) is 0 Å². The first-order valence-corrected chi connectivity index (χ1v) is 5.19. The summed E-state index contributed by atoms with van der Waals surface area (Å²) in [6.07, 6.45) is 2.50. The fourth-order valence-corrected chi connectivity index (χ4v) is 1.80. The first-order chi connectivity index (χ1) is 7.69. The van der Waals surface area contributed by atoms with Gasteiger partial charge in [0, 0.05) is 17.3 Å². The second-order valence-corrected chi connectivity index (χ2v) is 3.97. The number of aldehydes is 1. The number of hydrogen-bond donors (Lipinski definition) is 0. The molecule has 0 bridgehead atoms. The molecule has 0 N–H and O–H groups in total. The summed E-state index contributed by atoms with van der Waals surface area (Å²) in [5.41, 5.74) is 4.96. The largest absolute Gasteiger partial charge is 0.298 e. The van der Waals surface area contributed by atoms with E-state index in [9.17, 15) is 4.79 Å². The molecule has 0 saturated carbocycles. The number of benzene rings is 1. The van der Waals surface area contributed by atoms with Crippen molar-refractivity contribution >= 4 is 6.29 Å². The topological polar surface area (TPSA) is 30.0 Å². The van der Waals surface area contributed by atoms with Gasteiger partial charge < -0.3 is 0 Å². The van der Waals surface area contributed by atoms with Crippen molar-refractivity contribution in [3.8, 4) is 11.3 Å². The molecule has 1 aromatic carbocycles. The smallest absolute Gasteiger partial charge is 0.150 e. The molecule has 1 heterocycles. The summed E-state index contributed by atoms with van der Waals surface area (Å²) >= 11 is 0. The molecule has 0 saturated heterocycles. The Balaban J connectivity index is 2.53. The minimum atomic E-state index is 0.657. The monoisotopic (exact) mass is 211 g/mol. The Bertz CT molecular complexity index is 512. The highest BCUT2D eigenvalue weighted by molar-refractivity contribution is 5.77.